The maximum absolute atomic E-state index is 12.7. The minimum Gasteiger partial charge on any atom is -0.347 e. The second kappa shape index (κ2) is 9.32. The van der Waals surface area contributed by atoms with Gasteiger partial charge in [-0.05, 0) is 18.1 Å². The van der Waals surface area contributed by atoms with Crippen LogP contribution in [-0.4, -0.2) is 50.9 Å². The van der Waals surface area contributed by atoms with E-state index in [1.807, 2.05) is 67.6 Å². The zero-order valence-electron chi connectivity index (χ0n) is 16.2. The number of piperazine rings is 1. The molecule has 0 unspecified atom stereocenters. The van der Waals surface area contributed by atoms with Crippen molar-refractivity contribution in [3.05, 3.63) is 71.8 Å². The molecule has 1 amide bonds. The first-order valence-electron chi connectivity index (χ1n) is 9.63. The van der Waals surface area contributed by atoms with Crippen molar-refractivity contribution in [3.8, 4) is 0 Å². The molecule has 0 aliphatic carbocycles. The molecule has 1 aliphatic rings. The van der Waals surface area contributed by atoms with Crippen LogP contribution in [0.5, 0.6) is 0 Å². The molecule has 3 rings (SSSR count). The van der Waals surface area contributed by atoms with Crippen LogP contribution in [-0.2, 0) is 27.1 Å². The number of carbonyl (C=O) groups excluding carboxylic acids is 1. The largest absolute Gasteiger partial charge is 0.347 e. The summed E-state index contributed by atoms with van der Waals surface area (Å²) in [5.41, 5.74) is 1.86. The number of carbonyl (C=O) groups is 1. The third-order valence-corrected chi connectivity index (χ3v) is 7.12. The Labute approximate surface area is 167 Å². The van der Waals surface area contributed by atoms with Crippen molar-refractivity contribution in [1.29, 1.82) is 0 Å². The highest BCUT2D eigenvalue weighted by Gasteiger charge is 2.33. The summed E-state index contributed by atoms with van der Waals surface area (Å²) in [5, 5.41) is 2.98. The highest BCUT2D eigenvalue weighted by Crippen LogP contribution is 2.10. The van der Waals surface area contributed by atoms with Crippen LogP contribution in [0.25, 0.3) is 0 Å². The summed E-state index contributed by atoms with van der Waals surface area (Å²) in [4.78, 5) is 13.6. The third kappa shape index (κ3) is 5.41. The smallest absolute Gasteiger partial charge is 0.278 e. The molecule has 0 bridgehead atoms. The van der Waals surface area contributed by atoms with Crippen molar-refractivity contribution in [2.45, 2.75) is 25.3 Å². The number of nitrogens with zero attached hydrogens (tertiary/aromatic N) is 1. The topological polar surface area (TPSA) is 70.9 Å². The number of benzene rings is 2. The van der Waals surface area contributed by atoms with Gasteiger partial charge in [0.2, 0.25) is 10.0 Å². The first-order valence-corrected chi connectivity index (χ1v) is 11.2. The summed E-state index contributed by atoms with van der Waals surface area (Å²) in [7, 11) is -3.33. The van der Waals surface area contributed by atoms with Crippen LogP contribution in [0.3, 0.4) is 0 Å². The lowest BCUT2D eigenvalue weighted by Gasteiger charge is -2.34. The van der Waals surface area contributed by atoms with Gasteiger partial charge in [0.05, 0.1) is 31.9 Å². The average Bonchev–Trinajstić information content (AvgIpc) is 2.73. The summed E-state index contributed by atoms with van der Waals surface area (Å²) >= 11 is 0. The van der Waals surface area contributed by atoms with E-state index in [2.05, 4.69) is 5.32 Å². The van der Waals surface area contributed by atoms with Gasteiger partial charge in [-0.3, -0.25) is 4.79 Å². The van der Waals surface area contributed by atoms with Crippen LogP contribution in [0, 0.1) is 0 Å². The second-order valence-electron chi connectivity index (χ2n) is 7.22. The zero-order valence-corrected chi connectivity index (χ0v) is 17.0. The van der Waals surface area contributed by atoms with Crippen molar-refractivity contribution < 1.29 is 18.1 Å². The lowest BCUT2D eigenvalue weighted by Crippen LogP contribution is -3.19. The summed E-state index contributed by atoms with van der Waals surface area (Å²) in [6, 6.07) is 18.8. The van der Waals surface area contributed by atoms with Crippen LogP contribution in [0.1, 0.15) is 18.1 Å². The molecule has 0 aromatic heterocycles. The molecular formula is C21H28N3O3S+. The fourth-order valence-corrected chi connectivity index (χ4v) is 5.02. The van der Waals surface area contributed by atoms with E-state index >= 15 is 0 Å². The van der Waals surface area contributed by atoms with E-state index in [0.29, 0.717) is 32.7 Å². The van der Waals surface area contributed by atoms with Crippen LogP contribution in [0.2, 0.25) is 0 Å². The number of hydrogen-bond donors (Lipinski definition) is 2. The van der Waals surface area contributed by atoms with Gasteiger partial charge in [-0.2, -0.15) is 4.31 Å². The Morgan fingerprint density at radius 2 is 1.54 bits per heavy atom. The van der Waals surface area contributed by atoms with Crippen LogP contribution < -0.4 is 10.2 Å². The Hall–Kier alpha value is -2.22. The van der Waals surface area contributed by atoms with Gasteiger partial charge in [0, 0.05) is 6.54 Å². The highest BCUT2D eigenvalue weighted by atomic mass is 32.2. The number of amides is 1. The van der Waals surface area contributed by atoms with Gasteiger partial charge in [-0.1, -0.05) is 60.7 Å². The molecule has 1 atom stereocenters. The van der Waals surface area contributed by atoms with Gasteiger partial charge in [0.25, 0.3) is 5.91 Å². The molecule has 0 spiro atoms. The van der Waals surface area contributed by atoms with E-state index in [1.165, 1.54) is 0 Å². The standard InChI is InChI=1S/C21H27N3O3S/c1-18(21(25)22-16-19-8-4-2-5-9-19)23-12-14-24(15-13-23)28(26,27)17-20-10-6-3-7-11-20/h2-11,18H,12-17H2,1H3,(H,22,25)/p+1/t18-/m0/s1. The molecule has 6 nitrogen and oxygen atoms in total. The van der Waals surface area contributed by atoms with E-state index in [1.54, 1.807) is 4.31 Å². The highest BCUT2D eigenvalue weighted by molar-refractivity contribution is 7.88. The first-order chi connectivity index (χ1) is 13.5. The quantitative estimate of drug-likeness (QED) is 0.705. The maximum Gasteiger partial charge on any atom is 0.278 e. The Morgan fingerprint density at radius 3 is 2.11 bits per heavy atom. The Bertz CT molecular complexity index is 864. The lowest BCUT2D eigenvalue weighted by molar-refractivity contribution is -0.917. The van der Waals surface area contributed by atoms with Crippen molar-refractivity contribution in [2.24, 2.45) is 0 Å². The van der Waals surface area contributed by atoms with Gasteiger partial charge < -0.3 is 10.2 Å². The molecule has 28 heavy (non-hydrogen) atoms. The Kier molecular flexibility index (Phi) is 6.83. The zero-order chi connectivity index (χ0) is 20.0. The molecular weight excluding hydrogens is 374 g/mol. The van der Waals surface area contributed by atoms with Gasteiger partial charge in [0.1, 0.15) is 0 Å². The average molecular weight is 403 g/mol. The molecule has 7 heteroatoms. The number of rotatable bonds is 7. The Morgan fingerprint density at radius 1 is 1.00 bits per heavy atom. The molecule has 1 saturated heterocycles. The maximum atomic E-state index is 12.7. The Balaban J connectivity index is 1.49. The van der Waals surface area contributed by atoms with Gasteiger partial charge in [0.15, 0.2) is 6.04 Å². The molecule has 1 fully saturated rings. The number of sulfonamides is 1. The summed E-state index contributed by atoms with van der Waals surface area (Å²) in [6.07, 6.45) is 0. The minimum atomic E-state index is -3.33. The predicted octanol–water partition coefficient (Wildman–Crippen LogP) is 0.422. The molecule has 0 radical (unpaired) electrons. The molecule has 0 saturated carbocycles. The van der Waals surface area contributed by atoms with E-state index in [0.717, 1.165) is 16.0 Å². The summed E-state index contributed by atoms with van der Waals surface area (Å²) in [6.45, 7) is 4.57. The van der Waals surface area contributed by atoms with Crippen LogP contribution in [0.4, 0.5) is 0 Å². The number of nitrogens with one attached hydrogen (secondary N) is 2. The van der Waals surface area contributed by atoms with E-state index < -0.39 is 10.0 Å². The van der Waals surface area contributed by atoms with Crippen molar-refractivity contribution in [2.75, 3.05) is 26.2 Å². The van der Waals surface area contributed by atoms with E-state index in [4.69, 9.17) is 0 Å². The number of quaternary nitrogens is 1. The number of hydrogen-bond acceptors (Lipinski definition) is 3. The molecule has 2 aromatic rings. The summed E-state index contributed by atoms with van der Waals surface area (Å²) < 4.78 is 26.9. The molecule has 1 heterocycles. The van der Waals surface area contributed by atoms with Crippen molar-refractivity contribution in [1.82, 2.24) is 9.62 Å². The van der Waals surface area contributed by atoms with Gasteiger partial charge >= 0.3 is 0 Å². The fourth-order valence-electron chi connectivity index (χ4n) is 3.48. The monoisotopic (exact) mass is 402 g/mol. The van der Waals surface area contributed by atoms with Crippen molar-refractivity contribution >= 4 is 15.9 Å². The summed E-state index contributed by atoms with van der Waals surface area (Å²) in [5.74, 6) is 0.0236. The third-order valence-electron chi connectivity index (χ3n) is 5.27. The normalized spacial score (nSPS) is 17.2. The SMILES string of the molecule is C[C@@H](C(=O)NCc1ccccc1)[NH+]1CCN(S(=O)(=O)Cc2ccccc2)CC1. The van der Waals surface area contributed by atoms with E-state index in [-0.39, 0.29) is 17.7 Å². The molecule has 2 N–H and O–H groups in total. The van der Waals surface area contributed by atoms with Crippen molar-refractivity contribution in [3.63, 3.8) is 0 Å². The van der Waals surface area contributed by atoms with E-state index in [9.17, 15) is 13.2 Å². The molecule has 1 aliphatic heterocycles. The minimum absolute atomic E-state index is 0.000513. The molecule has 150 valence electrons. The molecule has 2 aromatic carbocycles. The predicted molar refractivity (Wildman–Crippen MR) is 109 cm³/mol. The second-order valence-corrected chi connectivity index (χ2v) is 9.19. The fraction of sp³-hybridized carbons (Fsp3) is 0.381. The van der Waals surface area contributed by atoms with Crippen LogP contribution >= 0.6 is 0 Å². The van der Waals surface area contributed by atoms with Gasteiger partial charge in [-0.25, -0.2) is 8.42 Å². The van der Waals surface area contributed by atoms with Gasteiger partial charge in [-0.15, -0.1) is 0 Å². The van der Waals surface area contributed by atoms with Crippen LogP contribution in [0.15, 0.2) is 60.7 Å². The first kappa shape index (κ1) is 20.5. The lowest BCUT2D eigenvalue weighted by atomic mass is 10.2.